The highest BCUT2D eigenvalue weighted by atomic mass is 32.1. The minimum Gasteiger partial charge on any atom is -0.491 e. The maximum Gasteiger partial charge on any atom is 0.257 e. The Labute approximate surface area is 152 Å². The molecule has 1 N–H and O–H groups in total. The van der Waals surface area contributed by atoms with Crippen molar-refractivity contribution in [1.29, 1.82) is 0 Å². The molecule has 1 atom stereocenters. The third-order valence-corrected chi connectivity index (χ3v) is 4.81. The summed E-state index contributed by atoms with van der Waals surface area (Å²) < 4.78 is 11.3. The highest BCUT2D eigenvalue weighted by Gasteiger charge is 2.19. The first-order valence-electron chi connectivity index (χ1n) is 8.53. The summed E-state index contributed by atoms with van der Waals surface area (Å²) >= 11 is 1.44. The molecule has 5 nitrogen and oxygen atoms in total. The Kier molecular flexibility index (Phi) is 5.39. The van der Waals surface area contributed by atoms with E-state index in [-0.39, 0.29) is 17.4 Å². The fraction of sp³-hybridized carbons (Fsp3) is 0.474. The van der Waals surface area contributed by atoms with Crippen molar-refractivity contribution in [3.63, 3.8) is 0 Å². The van der Waals surface area contributed by atoms with Crippen LogP contribution in [0.1, 0.15) is 49.7 Å². The zero-order chi connectivity index (χ0) is 17.9. The molecule has 1 saturated heterocycles. The van der Waals surface area contributed by atoms with Gasteiger partial charge in [-0.25, -0.2) is 4.98 Å². The number of nitrogens with one attached hydrogen (secondary N) is 1. The topological polar surface area (TPSA) is 60.5 Å². The summed E-state index contributed by atoms with van der Waals surface area (Å²) in [5.41, 5.74) is 1.49. The van der Waals surface area contributed by atoms with Gasteiger partial charge in [-0.1, -0.05) is 26.8 Å². The molecule has 1 aromatic heterocycles. The second-order valence-corrected chi connectivity index (χ2v) is 8.07. The molecule has 2 heterocycles. The molecule has 0 spiro atoms. The minimum atomic E-state index is -0.183. The second kappa shape index (κ2) is 7.54. The predicted octanol–water partition coefficient (Wildman–Crippen LogP) is 4.25. The van der Waals surface area contributed by atoms with Gasteiger partial charge in [0.05, 0.1) is 11.8 Å². The molecule has 1 aliphatic heterocycles. The molecule has 0 radical (unpaired) electrons. The Morgan fingerprint density at radius 3 is 2.96 bits per heavy atom. The molecule has 6 heteroatoms. The van der Waals surface area contributed by atoms with Gasteiger partial charge in [-0.05, 0) is 31.0 Å². The lowest BCUT2D eigenvalue weighted by atomic mass is 9.93. The number of ether oxygens (including phenoxy) is 2. The van der Waals surface area contributed by atoms with E-state index >= 15 is 0 Å². The van der Waals surface area contributed by atoms with Crippen molar-refractivity contribution in [3.8, 4) is 5.75 Å². The fourth-order valence-corrected chi connectivity index (χ4v) is 3.47. The standard InChI is InChI=1S/C19H24N2O3S/c1-19(2,3)16-12-25-18(20-16)21-17(22)13-6-4-7-14(10-13)24-11-15-8-5-9-23-15/h4,6-7,10,12,15H,5,8-9,11H2,1-3H3,(H,20,21,22). The minimum absolute atomic E-state index is 0.0322. The third kappa shape index (κ3) is 4.80. The molecule has 1 aliphatic rings. The van der Waals surface area contributed by atoms with E-state index in [1.54, 1.807) is 12.1 Å². The van der Waals surface area contributed by atoms with Crippen molar-refractivity contribution >= 4 is 22.4 Å². The quantitative estimate of drug-likeness (QED) is 0.866. The highest BCUT2D eigenvalue weighted by molar-refractivity contribution is 7.14. The van der Waals surface area contributed by atoms with Crippen LogP contribution in [0.2, 0.25) is 0 Å². The van der Waals surface area contributed by atoms with E-state index in [0.717, 1.165) is 25.1 Å². The summed E-state index contributed by atoms with van der Waals surface area (Å²) in [4.78, 5) is 17.0. The zero-order valence-electron chi connectivity index (χ0n) is 14.9. The van der Waals surface area contributed by atoms with Crippen LogP contribution in [0, 0.1) is 0 Å². The average molecular weight is 360 g/mol. The van der Waals surface area contributed by atoms with Crippen LogP contribution in [0.3, 0.4) is 0 Å². The summed E-state index contributed by atoms with van der Waals surface area (Å²) in [6.07, 6.45) is 2.27. The first-order chi connectivity index (χ1) is 11.9. The van der Waals surface area contributed by atoms with E-state index in [0.29, 0.717) is 23.1 Å². The van der Waals surface area contributed by atoms with E-state index < -0.39 is 0 Å². The largest absolute Gasteiger partial charge is 0.491 e. The first-order valence-corrected chi connectivity index (χ1v) is 9.41. The van der Waals surface area contributed by atoms with Crippen molar-refractivity contribution in [2.45, 2.75) is 45.1 Å². The van der Waals surface area contributed by atoms with Gasteiger partial charge in [-0.15, -0.1) is 11.3 Å². The Hall–Kier alpha value is -1.92. The van der Waals surface area contributed by atoms with E-state index in [1.165, 1.54) is 11.3 Å². The van der Waals surface area contributed by atoms with Gasteiger partial charge >= 0.3 is 0 Å². The molecular weight excluding hydrogens is 336 g/mol. The molecule has 1 aromatic carbocycles. The van der Waals surface area contributed by atoms with Crippen LogP contribution in [0.25, 0.3) is 0 Å². The number of rotatable bonds is 5. The average Bonchev–Trinajstić information content (AvgIpc) is 3.24. The van der Waals surface area contributed by atoms with Gasteiger partial charge < -0.3 is 9.47 Å². The number of amides is 1. The van der Waals surface area contributed by atoms with E-state index in [1.807, 2.05) is 17.5 Å². The van der Waals surface area contributed by atoms with Crippen LogP contribution in [0.15, 0.2) is 29.6 Å². The van der Waals surface area contributed by atoms with Crippen LogP contribution in [0.5, 0.6) is 5.75 Å². The number of carbonyl (C=O) groups is 1. The number of aromatic nitrogens is 1. The lowest BCUT2D eigenvalue weighted by Gasteiger charge is -2.14. The Morgan fingerprint density at radius 1 is 1.44 bits per heavy atom. The second-order valence-electron chi connectivity index (χ2n) is 7.22. The molecular formula is C19H24N2O3S. The summed E-state index contributed by atoms with van der Waals surface area (Å²) in [6.45, 7) is 7.63. The molecule has 0 bridgehead atoms. The van der Waals surface area contributed by atoms with Gasteiger partial charge in [0, 0.05) is 23.0 Å². The van der Waals surface area contributed by atoms with Crippen molar-refractivity contribution in [3.05, 3.63) is 40.9 Å². The van der Waals surface area contributed by atoms with Gasteiger partial charge in [-0.2, -0.15) is 0 Å². The number of anilines is 1. The summed E-state index contributed by atoms with van der Waals surface area (Å²) in [6, 6.07) is 7.20. The molecule has 0 saturated carbocycles. The number of carbonyl (C=O) groups excluding carboxylic acids is 1. The van der Waals surface area contributed by atoms with E-state index in [9.17, 15) is 4.79 Å². The van der Waals surface area contributed by atoms with Crippen LogP contribution < -0.4 is 10.1 Å². The predicted molar refractivity (Wildman–Crippen MR) is 99.7 cm³/mol. The Bertz CT molecular complexity index is 730. The van der Waals surface area contributed by atoms with Gasteiger partial charge in [0.2, 0.25) is 0 Å². The maximum atomic E-state index is 12.5. The molecule has 134 valence electrons. The zero-order valence-corrected chi connectivity index (χ0v) is 15.7. The number of thiazole rings is 1. The monoisotopic (exact) mass is 360 g/mol. The first kappa shape index (κ1) is 17.9. The van der Waals surface area contributed by atoms with Crippen LogP contribution >= 0.6 is 11.3 Å². The Balaban J connectivity index is 1.61. The lowest BCUT2D eigenvalue weighted by molar-refractivity contribution is 0.0679. The smallest absolute Gasteiger partial charge is 0.257 e. The van der Waals surface area contributed by atoms with Crippen LogP contribution in [-0.2, 0) is 10.2 Å². The Morgan fingerprint density at radius 2 is 2.28 bits per heavy atom. The molecule has 2 aromatic rings. The molecule has 1 amide bonds. The number of nitrogens with zero attached hydrogens (tertiary/aromatic N) is 1. The van der Waals surface area contributed by atoms with Crippen LogP contribution in [0.4, 0.5) is 5.13 Å². The molecule has 0 aliphatic carbocycles. The SMILES string of the molecule is CC(C)(C)c1csc(NC(=O)c2cccc(OCC3CCCO3)c2)n1. The fourth-order valence-electron chi connectivity index (χ4n) is 2.54. The highest BCUT2D eigenvalue weighted by Crippen LogP contribution is 2.27. The molecule has 3 rings (SSSR count). The molecule has 25 heavy (non-hydrogen) atoms. The van der Waals surface area contributed by atoms with Gasteiger partial charge in [-0.3, -0.25) is 10.1 Å². The van der Waals surface area contributed by atoms with Gasteiger partial charge in [0.25, 0.3) is 5.91 Å². The normalized spacial score (nSPS) is 17.5. The summed E-state index contributed by atoms with van der Waals surface area (Å²) in [5, 5.41) is 5.46. The van der Waals surface area contributed by atoms with E-state index in [2.05, 4.69) is 31.1 Å². The number of hydrogen-bond donors (Lipinski definition) is 1. The van der Waals surface area contributed by atoms with E-state index in [4.69, 9.17) is 9.47 Å². The van der Waals surface area contributed by atoms with Crippen molar-refractivity contribution < 1.29 is 14.3 Å². The number of benzene rings is 1. The van der Waals surface area contributed by atoms with Crippen molar-refractivity contribution in [2.75, 3.05) is 18.5 Å². The van der Waals surface area contributed by atoms with Crippen molar-refractivity contribution in [1.82, 2.24) is 4.98 Å². The third-order valence-electron chi connectivity index (χ3n) is 4.05. The molecule has 1 fully saturated rings. The van der Waals surface area contributed by atoms with Crippen molar-refractivity contribution in [2.24, 2.45) is 0 Å². The maximum absolute atomic E-state index is 12.5. The molecule has 1 unspecified atom stereocenters. The van der Waals surface area contributed by atoms with Crippen LogP contribution in [-0.4, -0.2) is 30.2 Å². The van der Waals surface area contributed by atoms with Gasteiger partial charge in [0.15, 0.2) is 5.13 Å². The number of hydrogen-bond acceptors (Lipinski definition) is 5. The summed E-state index contributed by atoms with van der Waals surface area (Å²) in [5.74, 6) is 0.495. The van der Waals surface area contributed by atoms with Gasteiger partial charge in [0.1, 0.15) is 12.4 Å². The summed E-state index contributed by atoms with van der Waals surface area (Å²) in [7, 11) is 0. The lowest BCUT2D eigenvalue weighted by Crippen LogP contribution is -2.17.